The van der Waals surface area contributed by atoms with Gasteiger partial charge >= 0.3 is 5.97 Å². The number of nitro benzene ring substituents is 1. The second-order valence-electron chi connectivity index (χ2n) is 4.18. The standard InChI is InChI=1S/C13H9N3O4S/c1-20-12(17)11-7-15-6-9(14-13(15)21-11)8-4-2-3-5-10(8)16(18)19/h2-7H,1H3. The highest BCUT2D eigenvalue weighted by molar-refractivity contribution is 7.18. The minimum Gasteiger partial charge on any atom is -0.465 e. The largest absolute Gasteiger partial charge is 0.465 e. The summed E-state index contributed by atoms with van der Waals surface area (Å²) in [5.41, 5.74) is 0.930. The minimum atomic E-state index is -0.442. The highest BCUT2D eigenvalue weighted by atomic mass is 32.1. The number of esters is 1. The van der Waals surface area contributed by atoms with Gasteiger partial charge in [-0.25, -0.2) is 9.78 Å². The summed E-state index contributed by atoms with van der Waals surface area (Å²) in [4.78, 5) is 27.4. The maximum Gasteiger partial charge on any atom is 0.349 e. The Morgan fingerprint density at radius 2 is 2.14 bits per heavy atom. The number of nitrogens with zero attached hydrogens (tertiary/aromatic N) is 3. The third kappa shape index (κ3) is 2.25. The van der Waals surface area contributed by atoms with Crippen LogP contribution in [0.5, 0.6) is 0 Å². The molecular formula is C13H9N3O4S. The molecule has 21 heavy (non-hydrogen) atoms. The van der Waals surface area contributed by atoms with Crippen LogP contribution in [0.4, 0.5) is 5.69 Å². The highest BCUT2D eigenvalue weighted by Gasteiger charge is 2.18. The van der Waals surface area contributed by atoms with Gasteiger partial charge in [0.25, 0.3) is 5.69 Å². The van der Waals surface area contributed by atoms with E-state index in [1.165, 1.54) is 24.5 Å². The maximum atomic E-state index is 11.4. The van der Waals surface area contributed by atoms with Crippen molar-refractivity contribution < 1.29 is 14.5 Å². The van der Waals surface area contributed by atoms with Gasteiger partial charge in [-0.2, -0.15) is 0 Å². The van der Waals surface area contributed by atoms with Crippen LogP contribution in [0.3, 0.4) is 0 Å². The van der Waals surface area contributed by atoms with Crippen LogP contribution in [-0.2, 0) is 4.74 Å². The molecule has 0 N–H and O–H groups in total. The van der Waals surface area contributed by atoms with Gasteiger partial charge in [0.05, 0.1) is 23.3 Å². The number of nitro groups is 1. The van der Waals surface area contributed by atoms with E-state index in [0.29, 0.717) is 21.1 Å². The molecule has 0 saturated carbocycles. The highest BCUT2D eigenvalue weighted by Crippen LogP contribution is 2.30. The number of imidazole rings is 1. The minimum absolute atomic E-state index is 0.00329. The van der Waals surface area contributed by atoms with Gasteiger partial charge in [-0.1, -0.05) is 23.5 Å². The molecule has 106 valence electrons. The van der Waals surface area contributed by atoms with Crippen molar-refractivity contribution in [2.75, 3.05) is 7.11 Å². The number of aromatic nitrogens is 2. The summed E-state index contributed by atoms with van der Waals surface area (Å²) >= 11 is 1.17. The van der Waals surface area contributed by atoms with Crippen molar-refractivity contribution in [3.8, 4) is 11.3 Å². The number of hydrogen-bond acceptors (Lipinski definition) is 6. The van der Waals surface area contributed by atoms with Crippen molar-refractivity contribution in [2.24, 2.45) is 0 Å². The number of carbonyl (C=O) groups is 1. The lowest BCUT2D eigenvalue weighted by molar-refractivity contribution is -0.384. The summed E-state index contributed by atoms with van der Waals surface area (Å²) in [6, 6.07) is 6.40. The molecule has 0 spiro atoms. The van der Waals surface area contributed by atoms with E-state index in [1.54, 1.807) is 35.0 Å². The lowest BCUT2D eigenvalue weighted by atomic mass is 10.1. The Kier molecular flexibility index (Phi) is 3.15. The molecule has 0 aliphatic rings. The van der Waals surface area contributed by atoms with Gasteiger partial charge < -0.3 is 4.74 Å². The fraction of sp³-hybridized carbons (Fsp3) is 0.0769. The lowest BCUT2D eigenvalue weighted by Gasteiger charge is -1.98. The van der Waals surface area contributed by atoms with Gasteiger partial charge in [0.2, 0.25) is 0 Å². The van der Waals surface area contributed by atoms with Crippen molar-refractivity contribution in [1.82, 2.24) is 9.38 Å². The molecule has 2 heterocycles. The smallest absolute Gasteiger partial charge is 0.349 e. The normalized spacial score (nSPS) is 10.7. The van der Waals surface area contributed by atoms with Gasteiger partial charge in [-0.15, -0.1) is 0 Å². The summed E-state index contributed by atoms with van der Waals surface area (Å²) in [6.07, 6.45) is 3.25. The van der Waals surface area contributed by atoms with E-state index in [2.05, 4.69) is 9.72 Å². The van der Waals surface area contributed by atoms with Gasteiger partial charge in [0.1, 0.15) is 4.88 Å². The monoisotopic (exact) mass is 303 g/mol. The first-order valence-corrected chi connectivity index (χ1v) is 6.72. The molecular weight excluding hydrogens is 294 g/mol. The first-order chi connectivity index (χ1) is 10.1. The van der Waals surface area contributed by atoms with Crippen LogP contribution >= 0.6 is 11.3 Å². The van der Waals surface area contributed by atoms with E-state index < -0.39 is 10.9 Å². The van der Waals surface area contributed by atoms with E-state index in [4.69, 9.17) is 0 Å². The van der Waals surface area contributed by atoms with Crippen LogP contribution in [0.15, 0.2) is 36.7 Å². The number of ether oxygens (including phenoxy) is 1. The fourth-order valence-corrected chi connectivity index (χ4v) is 2.85. The van der Waals surface area contributed by atoms with E-state index in [9.17, 15) is 14.9 Å². The maximum absolute atomic E-state index is 11.4. The third-order valence-electron chi connectivity index (χ3n) is 2.92. The summed E-state index contributed by atoms with van der Waals surface area (Å²) in [6.45, 7) is 0. The molecule has 0 fully saturated rings. The van der Waals surface area contributed by atoms with Crippen molar-refractivity contribution in [3.63, 3.8) is 0 Å². The average molecular weight is 303 g/mol. The van der Waals surface area contributed by atoms with Crippen LogP contribution in [-0.4, -0.2) is 27.4 Å². The number of methoxy groups -OCH3 is 1. The Balaban J connectivity index is 2.08. The van der Waals surface area contributed by atoms with E-state index >= 15 is 0 Å². The Bertz CT molecular complexity index is 821. The molecule has 3 rings (SSSR count). The SMILES string of the molecule is COC(=O)c1cn2cc(-c3ccccc3[N+](=O)[O-])nc2s1. The molecule has 2 aromatic heterocycles. The van der Waals surface area contributed by atoms with Crippen LogP contribution in [0, 0.1) is 10.1 Å². The van der Waals surface area contributed by atoms with Crippen LogP contribution in [0.2, 0.25) is 0 Å². The van der Waals surface area contributed by atoms with Crippen molar-refractivity contribution >= 4 is 28.0 Å². The van der Waals surface area contributed by atoms with Gasteiger partial charge in [-0.05, 0) is 6.07 Å². The first-order valence-electron chi connectivity index (χ1n) is 5.91. The number of carbonyl (C=O) groups excluding carboxylic acids is 1. The van der Waals surface area contributed by atoms with E-state index in [-0.39, 0.29) is 5.69 Å². The molecule has 0 amide bonds. The number of fused-ring (bicyclic) bond motifs is 1. The van der Waals surface area contributed by atoms with Crippen molar-refractivity contribution in [2.45, 2.75) is 0 Å². The Morgan fingerprint density at radius 1 is 1.38 bits per heavy atom. The number of thiazole rings is 1. The molecule has 0 unspecified atom stereocenters. The second kappa shape index (κ2) is 4.98. The summed E-state index contributed by atoms with van der Waals surface area (Å²) < 4.78 is 6.30. The number of para-hydroxylation sites is 1. The molecule has 3 aromatic rings. The number of rotatable bonds is 3. The molecule has 0 bridgehead atoms. The molecule has 0 aliphatic carbocycles. The lowest BCUT2D eigenvalue weighted by Crippen LogP contribution is -1.97. The molecule has 7 nitrogen and oxygen atoms in total. The quantitative estimate of drug-likeness (QED) is 0.422. The van der Waals surface area contributed by atoms with Crippen molar-refractivity contribution in [3.05, 3.63) is 51.7 Å². The Hall–Kier alpha value is -2.74. The molecule has 1 aromatic carbocycles. The first kappa shape index (κ1) is 13.3. The predicted molar refractivity (Wildman–Crippen MR) is 76.5 cm³/mol. The topological polar surface area (TPSA) is 86.7 Å². The number of hydrogen-bond donors (Lipinski definition) is 0. The molecule has 0 aliphatic heterocycles. The van der Waals surface area contributed by atoms with Crippen LogP contribution < -0.4 is 0 Å². The number of benzene rings is 1. The molecule has 0 radical (unpaired) electrons. The second-order valence-corrected chi connectivity index (χ2v) is 5.19. The molecule has 8 heteroatoms. The molecule has 0 atom stereocenters. The summed E-state index contributed by atoms with van der Waals surface area (Å²) in [5, 5.41) is 11.0. The van der Waals surface area contributed by atoms with Gasteiger partial charge in [-0.3, -0.25) is 14.5 Å². The zero-order chi connectivity index (χ0) is 15.0. The van der Waals surface area contributed by atoms with E-state index in [1.807, 2.05) is 0 Å². The summed E-state index contributed by atoms with van der Waals surface area (Å²) in [7, 11) is 1.31. The third-order valence-corrected chi connectivity index (χ3v) is 3.90. The predicted octanol–water partition coefficient (Wildman–Crippen LogP) is 2.76. The zero-order valence-corrected chi connectivity index (χ0v) is 11.7. The van der Waals surface area contributed by atoms with Gasteiger partial charge in [0.15, 0.2) is 4.96 Å². The summed E-state index contributed by atoms with van der Waals surface area (Å²) in [5.74, 6) is -0.433. The average Bonchev–Trinajstić information content (AvgIpc) is 3.04. The zero-order valence-electron chi connectivity index (χ0n) is 10.8. The Morgan fingerprint density at radius 3 is 2.81 bits per heavy atom. The van der Waals surface area contributed by atoms with Crippen LogP contribution in [0.25, 0.3) is 16.2 Å². The van der Waals surface area contributed by atoms with Crippen LogP contribution in [0.1, 0.15) is 9.67 Å². The fourth-order valence-electron chi connectivity index (χ4n) is 1.97. The Labute approximate surface area is 122 Å². The van der Waals surface area contributed by atoms with E-state index in [0.717, 1.165) is 0 Å². The van der Waals surface area contributed by atoms with Crippen molar-refractivity contribution in [1.29, 1.82) is 0 Å². The van der Waals surface area contributed by atoms with Gasteiger partial charge in [0, 0.05) is 18.5 Å². The molecule has 0 saturated heterocycles.